The highest BCUT2D eigenvalue weighted by molar-refractivity contribution is 5.89. The molecule has 0 aliphatic carbocycles. The Kier molecular flexibility index (Phi) is 7.06. The number of morpholine rings is 1. The first-order valence-corrected chi connectivity index (χ1v) is 9.64. The van der Waals surface area contributed by atoms with Crippen LogP contribution in [0.3, 0.4) is 0 Å². The van der Waals surface area contributed by atoms with Gasteiger partial charge in [-0.25, -0.2) is 0 Å². The third-order valence-electron chi connectivity index (χ3n) is 5.15. The van der Waals surface area contributed by atoms with Gasteiger partial charge in [-0.2, -0.15) is 0 Å². The smallest absolute Gasteiger partial charge is 0.225 e. The maximum Gasteiger partial charge on any atom is 0.225 e. The van der Waals surface area contributed by atoms with Crippen LogP contribution < -0.4 is 10.1 Å². The van der Waals surface area contributed by atoms with Crippen LogP contribution in [0, 0.1) is 5.92 Å². The van der Waals surface area contributed by atoms with Crippen molar-refractivity contribution in [2.45, 2.75) is 19.4 Å². The molecule has 0 unspecified atom stereocenters. The fraction of sp³-hybridized carbons (Fsp3) is 0.600. The number of likely N-dealkylation sites (tertiary alicyclic amines) is 1. The van der Waals surface area contributed by atoms with E-state index in [2.05, 4.69) is 10.2 Å². The van der Waals surface area contributed by atoms with Gasteiger partial charge in [0.15, 0.2) is 0 Å². The second-order valence-corrected chi connectivity index (χ2v) is 7.13. The zero-order valence-corrected chi connectivity index (χ0v) is 16.0. The van der Waals surface area contributed by atoms with E-state index in [1.165, 1.54) is 0 Å². The quantitative estimate of drug-likeness (QED) is 0.683. The summed E-state index contributed by atoms with van der Waals surface area (Å²) in [5.41, 5.74) is 1.01. The van der Waals surface area contributed by atoms with Crippen LogP contribution in [0.4, 0.5) is 0 Å². The molecule has 0 aromatic heterocycles. The Morgan fingerprint density at radius 1 is 1.33 bits per heavy atom. The van der Waals surface area contributed by atoms with Crippen LogP contribution in [-0.4, -0.2) is 74.7 Å². The molecular weight excluding hydrogens is 346 g/mol. The number of ether oxygens (including phenoxy) is 2. The van der Waals surface area contributed by atoms with E-state index in [0.717, 1.165) is 50.6 Å². The second-order valence-electron chi connectivity index (χ2n) is 7.13. The minimum atomic E-state index is -0.258. The van der Waals surface area contributed by atoms with Crippen LogP contribution in [0.15, 0.2) is 24.3 Å². The molecule has 0 bridgehead atoms. The van der Waals surface area contributed by atoms with Gasteiger partial charge >= 0.3 is 0 Å². The summed E-state index contributed by atoms with van der Waals surface area (Å²) in [6.45, 7) is 6.11. The van der Waals surface area contributed by atoms with Crippen LogP contribution in [-0.2, 0) is 20.9 Å². The fourth-order valence-corrected chi connectivity index (χ4v) is 3.58. The van der Waals surface area contributed by atoms with Gasteiger partial charge in [-0.15, -0.1) is 0 Å². The molecule has 3 rings (SSSR count). The first-order valence-electron chi connectivity index (χ1n) is 9.64. The molecule has 0 saturated carbocycles. The first kappa shape index (κ1) is 19.6. The van der Waals surface area contributed by atoms with E-state index in [4.69, 9.17) is 9.47 Å². The largest absolute Gasteiger partial charge is 0.497 e. The minimum Gasteiger partial charge on any atom is -0.497 e. The van der Waals surface area contributed by atoms with E-state index in [0.29, 0.717) is 26.1 Å². The third kappa shape index (κ3) is 5.68. The van der Waals surface area contributed by atoms with E-state index < -0.39 is 0 Å². The SMILES string of the molecule is COc1cccc(CN2C[C@@H](C(=O)NCCCN3CCOCC3)CC2=O)c1. The molecule has 1 aromatic rings. The Morgan fingerprint density at radius 3 is 2.93 bits per heavy atom. The van der Waals surface area contributed by atoms with Gasteiger partial charge in [-0.05, 0) is 30.7 Å². The van der Waals surface area contributed by atoms with Crippen LogP contribution >= 0.6 is 0 Å². The molecule has 0 spiro atoms. The van der Waals surface area contributed by atoms with Crippen LogP contribution in [0.5, 0.6) is 5.75 Å². The molecule has 1 N–H and O–H groups in total. The minimum absolute atomic E-state index is 0.0153. The lowest BCUT2D eigenvalue weighted by atomic mass is 10.1. The zero-order chi connectivity index (χ0) is 19.1. The van der Waals surface area contributed by atoms with Crippen molar-refractivity contribution < 1.29 is 19.1 Å². The Morgan fingerprint density at radius 2 is 2.15 bits per heavy atom. The van der Waals surface area contributed by atoms with Crippen molar-refractivity contribution in [3.05, 3.63) is 29.8 Å². The summed E-state index contributed by atoms with van der Waals surface area (Å²) < 4.78 is 10.6. The van der Waals surface area contributed by atoms with E-state index >= 15 is 0 Å². The number of methoxy groups -OCH3 is 1. The second kappa shape index (κ2) is 9.71. The highest BCUT2D eigenvalue weighted by Crippen LogP contribution is 2.22. The van der Waals surface area contributed by atoms with Gasteiger partial charge < -0.3 is 19.7 Å². The number of nitrogens with zero attached hydrogens (tertiary/aromatic N) is 2. The number of hydrogen-bond donors (Lipinski definition) is 1. The molecule has 1 atom stereocenters. The van der Waals surface area contributed by atoms with Crippen molar-refractivity contribution in [3.63, 3.8) is 0 Å². The number of benzene rings is 1. The molecule has 148 valence electrons. The van der Waals surface area contributed by atoms with Gasteiger partial charge in [0.05, 0.1) is 26.2 Å². The van der Waals surface area contributed by atoms with Crippen molar-refractivity contribution in [3.8, 4) is 5.75 Å². The molecule has 2 fully saturated rings. The van der Waals surface area contributed by atoms with Crippen molar-refractivity contribution in [1.82, 2.24) is 15.1 Å². The van der Waals surface area contributed by atoms with Gasteiger partial charge in [0, 0.05) is 39.1 Å². The lowest BCUT2D eigenvalue weighted by molar-refractivity contribution is -0.129. The molecular formula is C20H29N3O4. The average Bonchev–Trinajstić information content (AvgIpc) is 3.06. The normalized spacial score (nSPS) is 20.7. The summed E-state index contributed by atoms with van der Waals surface area (Å²) >= 11 is 0. The molecule has 7 nitrogen and oxygen atoms in total. The Labute approximate surface area is 160 Å². The average molecular weight is 375 g/mol. The van der Waals surface area contributed by atoms with Crippen LogP contribution in [0.1, 0.15) is 18.4 Å². The number of carbonyl (C=O) groups excluding carboxylic acids is 2. The van der Waals surface area contributed by atoms with E-state index in [9.17, 15) is 9.59 Å². The topological polar surface area (TPSA) is 71.1 Å². The maximum absolute atomic E-state index is 12.4. The Hall–Kier alpha value is -2.12. The van der Waals surface area contributed by atoms with Gasteiger partial charge in [-0.3, -0.25) is 14.5 Å². The highest BCUT2D eigenvalue weighted by Gasteiger charge is 2.34. The van der Waals surface area contributed by atoms with Gasteiger partial charge in [0.2, 0.25) is 11.8 Å². The van der Waals surface area contributed by atoms with Crippen molar-refractivity contribution in [1.29, 1.82) is 0 Å². The van der Waals surface area contributed by atoms with Gasteiger partial charge in [-0.1, -0.05) is 12.1 Å². The summed E-state index contributed by atoms with van der Waals surface area (Å²) in [7, 11) is 1.62. The molecule has 2 aliphatic rings. The van der Waals surface area contributed by atoms with Crippen molar-refractivity contribution in [2.75, 3.05) is 53.0 Å². The number of hydrogen-bond acceptors (Lipinski definition) is 5. The molecule has 2 amide bonds. The molecule has 1 aromatic carbocycles. The molecule has 2 heterocycles. The van der Waals surface area contributed by atoms with E-state index in [-0.39, 0.29) is 17.7 Å². The van der Waals surface area contributed by atoms with Gasteiger partial charge in [0.1, 0.15) is 5.75 Å². The monoisotopic (exact) mass is 375 g/mol. The summed E-state index contributed by atoms with van der Waals surface area (Å²) in [5.74, 6) is 0.532. The molecule has 2 saturated heterocycles. The number of amides is 2. The standard InChI is InChI=1S/C20H29N3O4/c1-26-18-5-2-4-16(12-18)14-23-15-17(13-19(23)24)20(25)21-6-3-7-22-8-10-27-11-9-22/h2,4-5,12,17H,3,6-11,13-15H2,1H3,(H,21,25)/t17-/m0/s1. The van der Waals surface area contributed by atoms with E-state index in [1.54, 1.807) is 12.0 Å². The summed E-state index contributed by atoms with van der Waals surface area (Å²) in [6.07, 6.45) is 1.21. The molecule has 0 radical (unpaired) electrons. The third-order valence-corrected chi connectivity index (χ3v) is 5.15. The Bertz CT molecular complexity index is 646. The number of nitrogens with one attached hydrogen (secondary N) is 1. The number of rotatable bonds is 8. The fourth-order valence-electron chi connectivity index (χ4n) is 3.58. The van der Waals surface area contributed by atoms with Crippen LogP contribution in [0.25, 0.3) is 0 Å². The predicted molar refractivity (Wildman–Crippen MR) is 101 cm³/mol. The molecule has 27 heavy (non-hydrogen) atoms. The highest BCUT2D eigenvalue weighted by atomic mass is 16.5. The molecule has 2 aliphatic heterocycles. The summed E-state index contributed by atoms with van der Waals surface area (Å²) in [5, 5.41) is 2.99. The van der Waals surface area contributed by atoms with E-state index in [1.807, 2.05) is 24.3 Å². The van der Waals surface area contributed by atoms with Crippen molar-refractivity contribution in [2.24, 2.45) is 5.92 Å². The lowest BCUT2D eigenvalue weighted by Gasteiger charge is -2.26. The first-order chi connectivity index (χ1) is 13.2. The molecule has 7 heteroatoms. The Balaban J connectivity index is 1.40. The lowest BCUT2D eigenvalue weighted by Crippen LogP contribution is -2.39. The van der Waals surface area contributed by atoms with Crippen LogP contribution in [0.2, 0.25) is 0 Å². The summed E-state index contributed by atoms with van der Waals surface area (Å²) in [6, 6.07) is 7.68. The maximum atomic E-state index is 12.4. The van der Waals surface area contributed by atoms with Gasteiger partial charge in [0.25, 0.3) is 0 Å². The number of carbonyl (C=O) groups is 2. The zero-order valence-electron chi connectivity index (χ0n) is 16.0. The van der Waals surface area contributed by atoms with Crippen molar-refractivity contribution >= 4 is 11.8 Å². The predicted octanol–water partition coefficient (Wildman–Crippen LogP) is 0.882. The summed E-state index contributed by atoms with van der Waals surface area (Å²) in [4.78, 5) is 28.8.